The molecule has 0 saturated carbocycles. The second-order valence-electron chi connectivity index (χ2n) is 3.57. The van der Waals surface area contributed by atoms with Crippen molar-refractivity contribution >= 4 is 24.0 Å². The normalized spacial score (nSPS) is 10.5. The van der Waals surface area contributed by atoms with Gasteiger partial charge in [0.1, 0.15) is 0 Å². The van der Waals surface area contributed by atoms with Crippen molar-refractivity contribution in [1.82, 2.24) is 0 Å². The van der Waals surface area contributed by atoms with Crippen molar-refractivity contribution in [3.63, 3.8) is 0 Å². The van der Waals surface area contributed by atoms with E-state index in [9.17, 15) is 0 Å². The summed E-state index contributed by atoms with van der Waals surface area (Å²) in [7, 11) is 4.38. The molecule has 0 atom stereocenters. The van der Waals surface area contributed by atoms with Gasteiger partial charge in [-0.05, 0) is 24.0 Å². The summed E-state index contributed by atoms with van der Waals surface area (Å²) in [5, 5.41) is 1.49. The van der Waals surface area contributed by atoms with Gasteiger partial charge in [-0.1, -0.05) is 50.1 Å². The summed E-state index contributed by atoms with van der Waals surface area (Å²) in [6, 6.07) is 6.71. The van der Waals surface area contributed by atoms with Crippen molar-refractivity contribution in [2.24, 2.45) is 0 Å². The van der Waals surface area contributed by atoms with Gasteiger partial charge in [-0.3, -0.25) is 0 Å². The van der Waals surface area contributed by atoms with Crippen LogP contribution in [0.15, 0.2) is 18.2 Å². The van der Waals surface area contributed by atoms with Crippen LogP contribution in [0.2, 0.25) is 0 Å². The average molecular weight is 217 g/mol. The lowest BCUT2D eigenvalue weighted by Crippen LogP contribution is -2.21. The van der Waals surface area contributed by atoms with Crippen LogP contribution in [0.5, 0.6) is 0 Å². The average Bonchev–Trinajstić information content (AvgIpc) is 2.21. The minimum atomic E-state index is 0.745. The van der Waals surface area contributed by atoms with Gasteiger partial charge in [0.2, 0.25) is 0 Å². The van der Waals surface area contributed by atoms with E-state index in [1.54, 1.807) is 11.1 Å². The Morgan fingerprint density at radius 2 is 1.86 bits per heavy atom. The van der Waals surface area contributed by atoms with Crippen LogP contribution in [0, 0.1) is 0 Å². The Morgan fingerprint density at radius 1 is 1.14 bits per heavy atom. The summed E-state index contributed by atoms with van der Waals surface area (Å²) >= 11 is 0. The van der Waals surface area contributed by atoms with Crippen molar-refractivity contribution in [3.8, 4) is 0 Å². The van der Waals surface area contributed by atoms with E-state index < -0.39 is 0 Å². The number of benzene rings is 1. The lowest BCUT2D eigenvalue weighted by atomic mass is 10.00. The Balaban J connectivity index is 3.00. The topological polar surface area (TPSA) is 0 Å². The first-order valence-electron chi connectivity index (χ1n) is 5.37. The summed E-state index contributed by atoms with van der Waals surface area (Å²) in [4.78, 5) is 0. The van der Waals surface area contributed by atoms with Crippen molar-refractivity contribution in [1.29, 1.82) is 0 Å². The van der Waals surface area contributed by atoms with Crippen molar-refractivity contribution in [3.05, 3.63) is 29.3 Å². The monoisotopic (exact) mass is 217 g/mol. The fourth-order valence-electron chi connectivity index (χ4n) is 1.80. The van der Waals surface area contributed by atoms with Crippen molar-refractivity contribution in [2.75, 3.05) is 0 Å². The fraction of sp³-hybridized carbons (Fsp3) is 0.500. The van der Waals surface area contributed by atoms with Gasteiger partial charge in [0.05, 0.1) is 9.04 Å². The molecule has 0 unspecified atom stereocenters. The van der Waals surface area contributed by atoms with Gasteiger partial charge < -0.3 is 0 Å². The number of hydrogen-bond acceptors (Lipinski definition) is 0. The molecule has 0 aliphatic heterocycles. The van der Waals surface area contributed by atoms with Gasteiger partial charge in [0, 0.05) is 9.76 Å². The predicted octanol–water partition coefficient (Wildman–Crippen LogP) is 2.00. The van der Waals surface area contributed by atoms with E-state index in [-0.39, 0.29) is 0 Å². The molecule has 0 heterocycles. The first-order valence-corrected chi connectivity index (χ1v) is 7.87. The van der Waals surface area contributed by atoms with Crippen LogP contribution in [0.3, 0.4) is 0 Å². The Labute approximate surface area is 93.2 Å². The van der Waals surface area contributed by atoms with Crippen LogP contribution >= 0.6 is 0 Å². The molecule has 0 N–H and O–H groups in total. The van der Waals surface area contributed by atoms with Crippen LogP contribution in [0.1, 0.15) is 37.8 Å². The van der Waals surface area contributed by atoms with E-state index >= 15 is 0 Å². The SMILES string of the molecule is CCCc1cccc([Si][Si])c1CCC. The van der Waals surface area contributed by atoms with Crippen molar-refractivity contribution < 1.29 is 0 Å². The standard InChI is InChI=1S/C12H17Si2/c1-3-6-10-8-5-9-12(14-13)11(10)7-4-2/h5,8-9H,3-4,6-7H2,1-2H3. The fourth-order valence-corrected chi connectivity index (χ4v) is 3.12. The van der Waals surface area contributed by atoms with Crippen LogP contribution in [-0.2, 0) is 12.8 Å². The zero-order valence-corrected chi connectivity index (χ0v) is 11.1. The molecule has 1 rings (SSSR count). The van der Waals surface area contributed by atoms with Gasteiger partial charge in [-0.2, -0.15) is 0 Å². The molecule has 0 nitrogen and oxygen atoms in total. The quantitative estimate of drug-likeness (QED) is 0.662. The predicted molar refractivity (Wildman–Crippen MR) is 65.6 cm³/mol. The molecule has 0 saturated heterocycles. The Morgan fingerprint density at radius 3 is 2.43 bits per heavy atom. The number of aryl methyl sites for hydroxylation is 1. The molecule has 1 aromatic carbocycles. The minimum Gasteiger partial charge on any atom is -0.0651 e. The van der Waals surface area contributed by atoms with Gasteiger partial charge in [-0.15, -0.1) is 0 Å². The highest BCUT2D eigenvalue weighted by Crippen LogP contribution is 2.11. The molecule has 0 aromatic heterocycles. The van der Waals surface area contributed by atoms with Crippen molar-refractivity contribution in [2.45, 2.75) is 39.5 Å². The Bertz CT molecular complexity index is 282. The molecule has 1 aromatic rings. The molecule has 2 heteroatoms. The Kier molecular flexibility index (Phi) is 5.19. The maximum Gasteiger partial charge on any atom is 0.0608 e. The molecular formula is C12H17Si2. The second-order valence-corrected chi connectivity index (χ2v) is 5.11. The summed E-state index contributed by atoms with van der Waals surface area (Å²) < 4.78 is 0. The lowest BCUT2D eigenvalue weighted by molar-refractivity contribution is 0.866. The van der Waals surface area contributed by atoms with Gasteiger partial charge in [0.25, 0.3) is 0 Å². The van der Waals surface area contributed by atoms with E-state index in [1.807, 2.05) is 0 Å². The third-order valence-electron chi connectivity index (χ3n) is 2.43. The maximum absolute atomic E-state index is 3.64. The highest BCUT2D eigenvalue weighted by molar-refractivity contribution is 6.97. The first kappa shape index (κ1) is 11.7. The smallest absolute Gasteiger partial charge is 0.0608 e. The zero-order valence-electron chi connectivity index (χ0n) is 9.06. The molecule has 5 radical (unpaired) electrons. The lowest BCUT2D eigenvalue weighted by Gasteiger charge is -2.12. The van der Waals surface area contributed by atoms with E-state index in [2.05, 4.69) is 41.8 Å². The molecule has 14 heavy (non-hydrogen) atoms. The second kappa shape index (κ2) is 6.20. The molecule has 0 aliphatic rings. The summed E-state index contributed by atoms with van der Waals surface area (Å²) in [5.74, 6) is 0. The molecule has 0 fully saturated rings. The van der Waals surface area contributed by atoms with Crippen LogP contribution in [-0.4, -0.2) is 18.8 Å². The minimum absolute atomic E-state index is 0.745. The third kappa shape index (κ3) is 2.82. The van der Waals surface area contributed by atoms with Gasteiger partial charge in [-0.25, -0.2) is 0 Å². The number of rotatable bonds is 5. The maximum atomic E-state index is 3.64. The number of hydrogen-bond donors (Lipinski definition) is 0. The largest absolute Gasteiger partial charge is 0.0651 e. The summed E-state index contributed by atoms with van der Waals surface area (Å²) in [6.45, 7) is 4.50. The highest BCUT2D eigenvalue weighted by atomic mass is 29.1. The molecule has 0 amide bonds. The van der Waals surface area contributed by atoms with E-state index in [0.717, 1.165) is 9.04 Å². The van der Waals surface area contributed by atoms with Gasteiger partial charge in [0.15, 0.2) is 0 Å². The van der Waals surface area contributed by atoms with Gasteiger partial charge >= 0.3 is 0 Å². The first-order chi connectivity index (χ1) is 6.83. The molecule has 0 spiro atoms. The van der Waals surface area contributed by atoms with E-state index in [1.165, 1.54) is 30.9 Å². The van der Waals surface area contributed by atoms with Crippen LogP contribution in [0.4, 0.5) is 0 Å². The molecule has 0 bridgehead atoms. The molecular weight excluding hydrogens is 200 g/mol. The summed E-state index contributed by atoms with van der Waals surface area (Å²) in [6.07, 6.45) is 4.93. The van der Waals surface area contributed by atoms with E-state index in [0.29, 0.717) is 0 Å². The van der Waals surface area contributed by atoms with E-state index in [4.69, 9.17) is 0 Å². The van der Waals surface area contributed by atoms with Crippen LogP contribution < -0.4 is 5.19 Å². The Hall–Kier alpha value is -0.346. The molecule has 0 aliphatic carbocycles. The third-order valence-corrected chi connectivity index (χ3v) is 3.97. The summed E-state index contributed by atoms with van der Waals surface area (Å²) in [5.41, 5.74) is 3.14. The zero-order chi connectivity index (χ0) is 10.4. The molecule has 73 valence electrons. The highest BCUT2D eigenvalue weighted by Gasteiger charge is 2.05. The van der Waals surface area contributed by atoms with Crippen LogP contribution in [0.25, 0.3) is 0 Å².